The predicted octanol–water partition coefficient (Wildman–Crippen LogP) is 1.77. The molecule has 2 rings (SSSR count). The molecular weight excluding hydrogens is 339 g/mol. The Morgan fingerprint density at radius 1 is 1.43 bits per heavy atom. The van der Waals surface area contributed by atoms with Crippen LogP contribution in [0.4, 0.5) is 0 Å². The number of nitrogens with one attached hydrogen (secondary N) is 2. The van der Waals surface area contributed by atoms with Crippen molar-refractivity contribution >= 4 is 30.7 Å². The Hall–Kier alpha value is -0.820. The van der Waals surface area contributed by atoms with Crippen molar-refractivity contribution in [3.05, 3.63) is 18.2 Å². The summed E-state index contributed by atoms with van der Waals surface area (Å²) < 4.78 is 7.62. The van der Waals surface area contributed by atoms with Gasteiger partial charge in [-0.1, -0.05) is 13.8 Å². The Morgan fingerprint density at radius 3 is 2.65 bits per heavy atom. The van der Waals surface area contributed by atoms with Gasteiger partial charge in [-0.2, -0.15) is 0 Å². The van der Waals surface area contributed by atoms with Crippen molar-refractivity contribution in [2.45, 2.75) is 45.4 Å². The van der Waals surface area contributed by atoms with E-state index in [2.05, 4.69) is 34.0 Å². The molecule has 1 aliphatic heterocycles. The van der Waals surface area contributed by atoms with E-state index in [9.17, 15) is 4.79 Å². The van der Waals surface area contributed by atoms with Gasteiger partial charge in [-0.15, -0.1) is 24.8 Å². The van der Waals surface area contributed by atoms with Crippen molar-refractivity contribution in [3.63, 3.8) is 0 Å². The van der Waals surface area contributed by atoms with Gasteiger partial charge in [0.15, 0.2) is 0 Å². The van der Waals surface area contributed by atoms with E-state index in [0.717, 1.165) is 25.5 Å². The first-order valence-electron chi connectivity index (χ1n) is 7.61. The quantitative estimate of drug-likeness (QED) is 0.804. The van der Waals surface area contributed by atoms with Crippen LogP contribution < -0.4 is 10.6 Å². The van der Waals surface area contributed by atoms with Crippen LogP contribution in [0.3, 0.4) is 0 Å². The minimum absolute atomic E-state index is 0. The number of rotatable bonds is 6. The molecule has 8 heteroatoms. The first kappa shape index (κ1) is 22.2. The average Bonchev–Trinajstić information content (AvgIpc) is 2.91. The van der Waals surface area contributed by atoms with E-state index in [4.69, 9.17) is 4.74 Å². The van der Waals surface area contributed by atoms with Gasteiger partial charge in [0.1, 0.15) is 11.4 Å². The first-order chi connectivity index (χ1) is 10.1. The normalized spacial score (nSPS) is 16.3. The van der Waals surface area contributed by atoms with Crippen molar-refractivity contribution < 1.29 is 9.53 Å². The van der Waals surface area contributed by atoms with Crippen LogP contribution >= 0.6 is 24.8 Å². The lowest BCUT2D eigenvalue weighted by molar-refractivity contribution is -0.146. The second-order valence-electron chi connectivity index (χ2n) is 6.02. The highest BCUT2D eigenvalue weighted by Gasteiger charge is 2.39. The van der Waals surface area contributed by atoms with Crippen molar-refractivity contribution in [2.75, 3.05) is 20.2 Å². The number of carbonyl (C=O) groups is 1. The zero-order valence-electron chi connectivity index (χ0n) is 14.0. The zero-order valence-corrected chi connectivity index (χ0v) is 15.6. The molecule has 0 saturated carbocycles. The Labute approximate surface area is 150 Å². The van der Waals surface area contributed by atoms with Crippen molar-refractivity contribution in [1.29, 1.82) is 0 Å². The van der Waals surface area contributed by atoms with Crippen molar-refractivity contribution in [1.82, 2.24) is 20.2 Å². The topological polar surface area (TPSA) is 68.2 Å². The lowest BCUT2D eigenvalue weighted by Crippen LogP contribution is -2.54. The van der Waals surface area contributed by atoms with Crippen molar-refractivity contribution in [2.24, 2.45) is 5.92 Å². The van der Waals surface area contributed by atoms with Gasteiger partial charge in [0.2, 0.25) is 0 Å². The fourth-order valence-corrected chi connectivity index (χ4v) is 2.74. The van der Waals surface area contributed by atoms with E-state index in [-0.39, 0.29) is 30.7 Å². The maximum atomic E-state index is 12.5. The highest BCUT2D eigenvalue weighted by Crippen LogP contribution is 2.22. The average molecular weight is 367 g/mol. The molecule has 0 aliphatic carbocycles. The number of piperidine rings is 1. The number of ether oxygens (including phenoxy) is 1. The zero-order chi connectivity index (χ0) is 15.3. The Kier molecular flexibility index (Phi) is 9.77. The van der Waals surface area contributed by atoms with E-state index in [1.165, 1.54) is 0 Å². The monoisotopic (exact) mass is 366 g/mol. The lowest BCUT2D eigenvalue weighted by Gasteiger charge is -2.34. The van der Waals surface area contributed by atoms with Gasteiger partial charge in [0.25, 0.3) is 5.91 Å². The van der Waals surface area contributed by atoms with Crippen LogP contribution in [0.1, 0.15) is 32.5 Å². The molecule has 2 heterocycles. The number of hydrogen-bond donors (Lipinski definition) is 2. The van der Waals surface area contributed by atoms with Crippen LogP contribution in [0.15, 0.2) is 12.4 Å². The molecule has 6 nitrogen and oxygen atoms in total. The third-order valence-electron chi connectivity index (χ3n) is 3.99. The van der Waals surface area contributed by atoms with Gasteiger partial charge in [0, 0.05) is 26.0 Å². The third kappa shape index (κ3) is 5.64. The highest BCUT2D eigenvalue weighted by molar-refractivity contribution is 5.86. The number of nitrogens with zero attached hydrogens (tertiary/aromatic N) is 2. The van der Waals surface area contributed by atoms with Crippen LogP contribution in [0.25, 0.3) is 0 Å². The molecule has 1 aromatic rings. The van der Waals surface area contributed by atoms with E-state index < -0.39 is 5.60 Å². The summed E-state index contributed by atoms with van der Waals surface area (Å²) in [5, 5.41) is 6.24. The summed E-state index contributed by atoms with van der Waals surface area (Å²) in [5.41, 5.74) is -0.694. The molecule has 1 saturated heterocycles. The summed E-state index contributed by atoms with van der Waals surface area (Å²) >= 11 is 0. The van der Waals surface area contributed by atoms with Crippen LogP contribution in [-0.4, -0.2) is 41.3 Å². The molecule has 1 fully saturated rings. The molecule has 0 unspecified atom stereocenters. The minimum atomic E-state index is -0.694. The smallest absolute Gasteiger partial charge is 0.252 e. The summed E-state index contributed by atoms with van der Waals surface area (Å²) in [6.07, 6.45) is 5.14. The number of halogens is 2. The van der Waals surface area contributed by atoms with Crippen LogP contribution in [0, 0.1) is 5.92 Å². The number of carbonyl (C=O) groups excluding carboxylic acids is 1. The van der Waals surface area contributed by atoms with Gasteiger partial charge in [0.05, 0.1) is 6.54 Å². The maximum Gasteiger partial charge on any atom is 0.252 e. The molecular formula is C15H28Cl2N4O2. The lowest BCUT2D eigenvalue weighted by atomic mass is 9.91. The summed E-state index contributed by atoms with van der Waals surface area (Å²) in [6.45, 7) is 7.29. The second kappa shape index (κ2) is 10.1. The van der Waals surface area contributed by atoms with Gasteiger partial charge in [-0.3, -0.25) is 4.79 Å². The summed E-state index contributed by atoms with van der Waals surface area (Å²) in [4.78, 5) is 16.8. The Morgan fingerprint density at radius 2 is 2.09 bits per heavy atom. The molecule has 0 atom stereocenters. The summed E-state index contributed by atoms with van der Waals surface area (Å²) in [7, 11) is 1.62. The summed E-state index contributed by atoms with van der Waals surface area (Å²) in [5.74, 6) is 1.39. The van der Waals surface area contributed by atoms with Crippen LogP contribution in [0.5, 0.6) is 0 Å². The second-order valence-corrected chi connectivity index (χ2v) is 6.02. The van der Waals surface area contributed by atoms with E-state index >= 15 is 0 Å². The molecule has 1 aliphatic rings. The van der Waals surface area contributed by atoms with E-state index in [1.807, 2.05) is 6.20 Å². The van der Waals surface area contributed by atoms with Gasteiger partial charge in [-0.05, 0) is 31.8 Å². The standard InChI is InChI=1S/C15H26N4O2.2ClH/c1-12(2)11-19-9-8-17-13(19)10-18-14(20)15(21-3)4-6-16-7-5-15;;/h8-9,12,16H,4-7,10-11H2,1-3H3,(H,18,20);2*1H. The van der Waals surface area contributed by atoms with E-state index in [1.54, 1.807) is 13.3 Å². The molecule has 134 valence electrons. The largest absolute Gasteiger partial charge is 0.368 e. The Balaban J connectivity index is 0.00000242. The molecule has 23 heavy (non-hydrogen) atoms. The molecule has 0 spiro atoms. The molecule has 0 bridgehead atoms. The maximum absolute atomic E-state index is 12.5. The molecule has 1 amide bonds. The van der Waals surface area contributed by atoms with Gasteiger partial charge < -0.3 is 19.9 Å². The third-order valence-corrected chi connectivity index (χ3v) is 3.99. The predicted molar refractivity (Wildman–Crippen MR) is 95.3 cm³/mol. The molecule has 0 aromatic carbocycles. The highest BCUT2D eigenvalue weighted by atomic mass is 35.5. The number of hydrogen-bond acceptors (Lipinski definition) is 4. The number of imidazole rings is 1. The number of aromatic nitrogens is 2. The Bertz CT molecular complexity index is 474. The first-order valence-corrected chi connectivity index (χ1v) is 7.61. The SMILES string of the molecule is COC1(C(=O)NCc2nccn2CC(C)C)CCNCC1.Cl.Cl. The number of amides is 1. The van der Waals surface area contributed by atoms with Crippen molar-refractivity contribution in [3.8, 4) is 0 Å². The van der Waals surface area contributed by atoms with Crippen LogP contribution in [-0.2, 0) is 22.6 Å². The molecule has 1 aromatic heterocycles. The van der Waals surface area contributed by atoms with E-state index in [0.29, 0.717) is 25.3 Å². The fourth-order valence-electron chi connectivity index (χ4n) is 2.74. The van der Waals surface area contributed by atoms with Gasteiger partial charge >= 0.3 is 0 Å². The van der Waals surface area contributed by atoms with Crippen LogP contribution in [0.2, 0.25) is 0 Å². The summed E-state index contributed by atoms with van der Waals surface area (Å²) in [6, 6.07) is 0. The number of methoxy groups -OCH3 is 1. The van der Waals surface area contributed by atoms with Gasteiger partial charge in [-0.25, -0.2) is 4.98 Å². The molecule has 0 radical (unpaired) electrons. The minimum Gasteiger partial charge on any atom is -0.368 e. The fraction of sp³-hybridized carbons (Fsp3) is 0.733. The molecule has 2 N–H and O–H groups in total.